The van der Waals surface area contributed by atoms with Crippen molar-refractivity contribution in [2.24, 2.45) is 0 Å². The van der Waals surface area contributed by atoms with E-state index in [1.165, 1.54) is 36.2 Å². The minimum atomic E-state index is -5.08. The van der Waals surface area contributed by atoms with E-state index in [-0.39, 0.29) is 19.2 Å². The van der Waals surface area contributed by atoms with E-state index >= 15 is 0 Å². The van der Waals surface area contributed by atoms with Crippen LogP contribution in [0, 0.1) is 5.82 Å². The summed E-state index contributed by atoms with van der Waals surface area (Å²) in [6, 6.07) is 4.56. The van der Waals surface area contributed by atoms with Crippen LogP contribution in [-0.4, -0.2) is 62.3 Å². The van der Waals surface area contributed by atoms with Gasteiger partial charge in [-0.25, -0.2) is 14.0 Å². The van der Waals surface area contributed by atoms with E-state index in [2.05, 4.69) is 0 Å². The lowest BCUT2D eigenvalue weighted by Crippen LogP contribution is -2.47. The Morgan fingerprint density at radius 1 is 0.917 bits per heavy atom. The second kappa shape index (κ2) is 9.86. The number of rotatable bonds is 3. The van der Waals surface area contributed by atoms with Crippen molar-refractivity contribution in [3.63, 3.8) is 0 Å². The Morgan fingerprint density at radius 3 is 1.92 bits per heavy atom. The minimum Gasteiger partial charge on any atom is -0.453 e. The largest absolute Gasteiger partial charge is 0.453 e. The fraction of sp³-hybridized carbons (Fsp3) is 0.391. The van der Waals surface area contributed by atoms with Gasteiger partial charge < -0.3 is 14.5 Å². The van der Waals surface area contributed by atoms with Crippen LogP contribution in [-0.2, 0) is 17.1 Å². The van der Waals surface area contributed by atoms with Crippen LogP contribution in [0.1, 0.15) is 22.6 Å². The van der Waals surface area contributed by atoms with Crippen molar-refractivity contribution in [2.45, 2.75) is 24.3 Å². The third-order valence-corrected chi connectivity index (χ3v) is 6.07. The third kappa shape index (κ3) is 5.65. The van der Waals surface area contributed by atoms with Gasteiger partial charge in [0.1, 0.15) is 5.82 Å². The lowest BCUT2D eigenvalue weighted by atomic mass is 9.93. The van der Waals surface area contributed by atoms with E-state index in [1.54, 1.807) is 0 Å². The van der Waals surface area contributed by atoms with E-state index in [9.17, 15) is 40.3 Å². The van der Waals surface area contributed by atoms with Crippen molar-refractivity contribution in [3.8, 4) is 0 Å². The number of methoxy groups -OCH3 is 1. The average Bonchev–Trinajstić information content (AvgIpc) is 3.26. The van der Waals surface area contributed by atoms with Gasteiger partial charge in [0.15, 0.2) is 0 Å². The van der Waals surface area contributed by atoms with Crippen molar-refractivity contribution >= 4 is 17.8 Å². The summed E-state index contributed by atoms with van der Waals surface area (Å²) in [6.07, 6.45) is -10.8. The fourth-order valence-electron chi connectivity index (χ4n) is 4.12. The standard InChI is InChI=1S/C23H22F7N3O3/c1-31(17-9-14(22(25,26)27)8-15(10-17)23(28,29)30)20(34)32(2)19-12-33(21(35)36-3)11-18(19)13-4-6-16(24)7-5-13/h4-10,18-19H,11-12H2,1-3H3/t18-,19+/m0/s1. The maximum atomic E-state index is 13.4. The molecule has 36 heavy (non-hydrogen) atoms. The van der Waals surface area contributed by atoms with Crippen LogP contribution >= 0.6 is 0 Å². The Morgan fingerprint density at radius 2 is 1.44 bits per heavy atom. The number of likely N-dealkylation sites (tertiary alicyclic amines) is 1. The molecule has 1 saturated heterocycles. The van der Waals surface area contributed by atoms with Crippen LogP contribution in [0.3, 0.4) is 0 Å². The molecule has 196 valence electrons. The van der Waals surface area contributed by atoms with Gasteiger partial charge in [0.2, 0.25) is 0 Å². The highest BCUT2D eigenvalue weighted by molar-refractivity contribution is 5.92. The van der Waals surface area contributed by atoms with Crippen LogP contribution in [0.2, 0.25) is 0 Å². The number of ether oxygens (including phenoxy) is 1. The van der Waals surface area contributed by atoms with E-state index in [1.807, 2.05) is 0 Å². The van der Waals surface area contributed by atoms with Gasteiger partial charge >= 0.3 is 24.5 Å². The molecule has 1 aliphatic rings. The molecule has 0 saturated carbocycles. The average molecular weight is 521 g/mol. The van der Waals surface area contributed by atoms with Crippen LogP contribution in [0.15, 0.2) is 42.5 Å². The number of carbonyl (C=O) groups excluding carboxylic acids is 2. The molecule has 0 bridgehead atoms. The zero-order valence-corrected chi connectivity index (χ0v) is 19.3. The second-order valence-corrected chi connectivity index (χ2v) is 8.32. The molecule has 2 aromatic carbocycles. The number of nitrogens with zero attached hydrogens (tertiary/aromatic N) is 3. The summed E-state index contributed by atoms with van der Waals surface area (Å²) in [7, 11) is 3.53. The quantitative estimate of drug-likeness (QED) is 0.496. The molecule has 0 aliphatic carbocycles. The Labute approximate surface area is 201 Å². The van der Waals surface area contributed by atoms with Gasteiger partial charge in [-0.1, -0.05) is 12.1 Å². The molecule has 3 amide bonds. The number of hydrogen-bond acceptors (Lipinski definition) is 3. The first-order valence-electron chi connectivity index (χ1n) is 10.5. The summed E-state index contributed by atoms with van der Waals surface area (Å²) >= 11 is 0. The van der Waals surface area contributed by atoms with E-state index < -0.39 is 59.1 Å². The molecule has 0 spiro atoms. The summed E-state index contributed by atoms with van der Waals surface area (Å²) in [5.74, 6) is -1.04. The van der Waals surface area contributed by atoms with Crippen molar-refractivity contribution in [3.05, 3.63) is 65.0 Å². The van der Waals surface area contributed by atoms with Crippen LogP contribution in [0.5, 0.6) is 0 Å². The SMILES string of the molecule is COC(=O)N1C[C@@H](N(C)C(=O)N(C)c2cc(C(F)(F)F)cc(C(F)(F)F)c2)[C@H](c2ccc(F)cc2)C1. The maximum absolute atomic E-state index is 13.4. The second-order valence-electron chi connectivity index (χ2n) is 8.32. The minimum absolute atomic E-state index is 0.0265. The molecule has 1 aliphatic heterocycles. The predicted octanol–water partition coefficient (Wildman–Crippen LogP) is 5.59. The molecule has 1 fully saturated rings. The normalized spacial score (nSPS) is 18.2. The van der Waals surface area contributed by atoms with E-state index in [0.717, 1.165) is 19.1 Å². The van der Waals surface area contributed by atoms with Gasteiger partial charge in [0, 0.05) is 38.8 Å². The highest BCUT2D eigenvalue weighted by Crippen LogP contribution is 2.39. The highest BCUT2D eigenvalue weighted by atomic mass is 19.4. The number of benzene rings is 2. The number of hydrogen-bond donors (Lipinski definition) is 0. The molecule has 0 radical (unpaired) electrons. The Bertz CT molecular complexity index is 1090. The number of alkyl halides is 6. The number of carbonyl (C=O) groups is 2. The van der Waals surface area contributed by atoms with Crippen LogP contribution in [0.4, 0.5) is 46.0 Å². The highest BCUT2D eigenvalue weighted by Gasteiger charge is 2.42. The summed E-state index contributed by atoms with van der Waals surface area (Å²) in [5.41, 5.74) is -3.16. The molecule has 1 heterocycles. The van der Waals surface area contributed by atoms with Gasteiger partial charge in [-0.2, -0.15) is 26.3 Å². The zero-order chi connectivity index (χ0) is 27.0. The number of anilines is 1. The smallest absolute Gasteiger partial charge is 0.416 e. The Kier molecular flexibility index (Phi) is 7.42. The van der Waals surface area contributed by atoms with Gasteiger partial charge in [-0.05, 0) is 35.9 Å². The maximum Gasteiger partial charge on any atom is 0.416 e. The first-order chi connectivity index (χ1) is 16.6. The number of amides is 3. The molecule has 0 unspecified atom stereocenters. The lowest BCUT2D eigenvalue weighted by Gasteiger charge is -2.33. The Hall–Kier alpha value is -3.51. The molecule has 13 heteroatoms. The Balaban J connectivity index is 1.95. The topological polar surface area (TPSA) is 53.1 Å². The monoisotopic (exact) mass is 521 g/mol. The number of urea groups is 1. The molecule has 6 nitrogen and oxygen atoms in total. The molecular formula is C23H22F7N3O3. The van der Waals surface area contributed by atoms with Crippen molar-refractivity contribution in [1.29, 1.82) is 0 Å². The predicted molar refractivity (Wildman–Crippen MR) is 115 cm³/mol. The fourth-order valence-corrected chi connectivity index (χ4v) is 4.12. The molecular weight excluding hydrogens is 499 g/mol. The first kappa shape index (κ1) is 27.1. The lowest BCUT2D eigenvalue weighted by molar-refractivity contribution is -0.143. The van der Waals surface area contributed by atoms with Gasteiger partial charge in [0.05, 0.1) is 24.3 Å². The van der Waals surface area contributed by atoms with E-state index in [4.69, 9.17) is 4.74 Å². The number of halogens is 7. The van der Waals surface area contributed by atoms with Crippen molar-refractivity contribution in [2.75, 3.05) is 39.2 Å². The third-order valence-electron chi connectivity index (χ3n) is 6.07. The first-order valence-corrected chi connectivity index (χ1v) is 10.5. The van der Waals surface area contributed by atoms with Crippen LogP contribution in [0.25, 0.3) is 0 Å². The molecule has 3 rings (SSSR count). The summed E-state index contributed by atoms with van der Waals surface area (Å²) < 4.78 is 97.8. The molecule has 2 aromatic rings. The summed E-state index contributed by atoms with van der Waals surface area (Å²) in [5, 5.41) is 0. The van der Waals surface area contributed by atoms with Gasteiger partial charge in [-0.15, -0.1) is 0 Å². The molecule has 0 aromatic heterocycles. The van der Waals surface area contributed by atoms with Crippen LogP contribution < -0.4 is 4.90 Å². The van der Waals surface area contributed by atoms with Gasteiger partial charge in [0.25, 0.3) is 0 Å². The van der Waals surface area contributed by atoms with Crippen molar-refractivity contribution in [1.82, 2.24) is 9.80 Å². The molecule has 2 atom stereocenters. The summed E-state index contributed by atoms with van der Waals surface area (Å²) in [6.45, 7) is 0.0628. The molecule has 0 N–H and O–H groups in total. The van der Waals surface area contributed by atoms with Crippen molar-refractivity contribution < 1.29 is 45.1 Å². The zero-order valence-electron chi connectivity index (χ0n) is 19.3. The van der Waals surface area contributed by atoms with E-state index in [0.29, 0.717) is 22.6 Å². The van der Waals surface area contributed by atoms with Gasteiger partial charge in [-0.3, -0.25) is 4.90 Å². The summed E-state index contributed by atoms with van der Waals surface area (Å²) in [4.78, 5) is 28.4. The number of likely N-dealkylation sites (N-methyl/N-ethyl adjacent to an activating group) is 1.